The van der Waals surface area contributed by atoms with E-state index in [0.29, 0.717) is 17.9 Å². The van der Waals surface area contributed by atoms with Crippen LogP contribution in [0.1, 0.15) is 19.4 Å². The van der Waals surface area contributed by atoms with E-state index in [4.69, 9.17) is 4.74 Å². The zero-order valence-corrected chi connectivity index (χ0v) is 11.1. The van der Waals surface area contributed by atoms with Crippen molar-refractivity contribution in [1.29, 1.82) is 0 Å². The molecule has 0 atom stereocenters. The number of hydrogen-bond donors (Lipinski definition) is 1. The highest BCUT2D eigenvalue weighted by Crippen LogP contribution is 2.23. The van der Waals surface area contributed by atoms with Crippen molar-refractivity contribution in [1.82, 2.24) is 20.1 Å². The lowest BCUT2D eigenvalue weighted by Gasteiger charge is -2.07. The molecule has 0 fully saturated rings. The summed E-state index contributed by atoms with van der Waals surface area (Å²) in [5.41, 5.74) is 0.537. The molecule has 0 unspecified atom stereocenters. The van der Waals surface area contributed by atoms with Gasteiger partial charge in [0.2, 0.25) is 0 Å². The van der Waals surface area contributed by atoms with Gasteiger partial charge in [0.15, 0.2) is 11.6 Å². The molecule has 0 saturated heterocycles. The first-order chi connectivity index (χ1) is 9.24. The van der Waals surface area contributed by atoms with E-state index in [9.17, 15) is 4.39 Å². The summed E-state index contributed by atoms with van der Waals surface area (Å²) in [7, 11) is 0. The molecule has 1 N–H and O–H groups in total. The summed E-state index contributed by atoms with van der Waals surface area (Å²) >= 11 is 0. The van der Waals surface area contributed by atoms with Gasteiger partial charge in [-0.25, -0.2) is 9.37 Å². The molecular weight excluding hydrogens is 247 g/mol. The highest BCUT2D eigenvalue weighted by molar-refractivity contribution is 5.27. The van der Waals surface area contributed by atoms with Gasteiger partial charge >= 0.3 is 0 Å². The number of aromatic nitrogens is 3. The van der Waals surface area contributed by atoms with Crippen LogP contribution in [0.5, 0.6) is 11.6 Å². The zero-order chi connectivity index (χ0) is 13.7. The highest BCUT2D eigenvalue weighted by Gasteiger charge is 2.12. The molecule has 2 heterocycles. The predicted molar refractivity (Wildman–Crippen MR) is 69.6 cm³/mol. The molecule has 0 aliphatic heterocycles. The van der Waals surface area contributed by atoms with E-state index in [0.717, 1.165) is 13.1 Å². The minimum Gasteiger partial charge on any atom is -0.433 e. The number of hydrogen-bond acceptors (Lipinski definition) is 4. The van der Waals surface area contributed by atoms with Gasteiger partial charge in [0, 0.05) is 24.8 Å². The lowest BCUT2D eigenvalue weighted by molar-refractivity contribution is 0.417. The molecule has 102 valence electrons. The van der Waals surface area contributed by atoms with Crippen molar-refractivity contribution in [2.24, 2.45) is 0 Å². The summed E-state index contributed by atoms with van der Waals surface area (Å²) < 4.78 is 21.2. The number of halogens is 1. The molecule has 2 aromatic heterocycles. The van der Waals surface area contributed by atoms with E-state index in [1.165, 1.54) is 6.20 Å². The predicted octanol–water partition coefficient (Wildman–Crippen LogP) is 2.34. The van der Waals surface area contributed by atoms with Crippen molar-refractivity contribution in [2.75, 3.05) is 6.54 Å². The Morgan fingerprint density at radius 3 is 2.95 bits per heavy atom. The van der Waals surface area contributed by atoms with E-state index < -0.39 is 5.82 Å². The van der Waals surface area contributed by atoms with Crippen molar-refractivity contribution < 1.29 is 9.13 Å². The van der Waals surface area contributed by atoms with E-state index in [1.807, 2.05) is 13.8 Å². The van der Waals surface area contributed by atoms with Crippen LogP contribution in [0.25, 0.3) is 0 Å². The van der Waals surface area contributed by atoms with Gasteiger partial charge in [-0.1, -0.05) is 6.92 Å². The summed E-state index contributed by atoms with van der Waals surface area (Å²) in [4.78, 5) is 3.92. The fourth-order valence-corrected chi connectivity index (χ4v) is 1.61. The smallest absolute Gasteiger partial charge is 0.256 e. The van der Waals surface area contributed by atoms with Crippen LogP contribution < -0.4 is 10.1 Å². The largest absolute Gasteiger partial charge is 0.433 e. The lowest BCUT2D eigenvalue weighted by atomic mass is 10.2. The number of rotatable bonds is 6. The van der Waals surface area contributed by atoms with Gasteiger partial charge in [-0.2, -0.15) is 5.10 Å². The van der Waals surface area contributed by atoms with Crippen molar-refractivity contribution in [3.05, 3.63) is 36.0 Å². The van der Waals surface area contributed by atoms with Crippen LogP contribution in [-0.2, 0) is 13.1 Å². The first-order valence-corrected chi connectivity index (χ1v) is 6.29. The lowest BCUT2D eigenvalue weighted by Crippen LogP contribution is -2.13. The first-order valence-electron chi connectivity index (χ1n) is 6.29. The molecule has 0 saturated carbocycles. The third-order valence-electron chi connectivity index (χ3n) is 2.65. The van der Waals surface area contributed by atoms with Gasteiger partial charge in [-0.3, -0.25) is 4.68 Å². The van der Waals surface area contributed by atoms with Crippen molar-refractivity contribution in [3.63, 3.8) is 0 Å². The number of ether oxygens (including phenoxy) is 1. The molecule has 0 spiro atoms. The Kier molecular flexibility index (Phi) is 4.46. The van der Waals surface area contributed by atoms with Crippen molar-refractivity contribution >= 4 is 0 Å². The molecule has 0 aliphatic carbocycles. The van der Waals surface area contributed by atoms with Gasteiger partial charge in [0.05, 0.1) is 12.4 Å². The van der Waals surface area contributed by atoms with E-state index in [2.05, 4.69) is 15.4 Å². The van der Waals surface area contributed by atoms with E-state index >= 15 is 0 Å². The molecule has 0 radical (unpaired) electrons. The molecule has 6 heteroatoms. The second-order valence-corrected chi connectivity index (χ2v) is 4.00. The van der Waals surface area contributed by atoms with Gasteiger partial charge in [-0.05, 0) is 19.5 Å². The van der Waals surface area contributed by atoms with Crippen LogP contribution in [0, 0.1) is 5.82 Å². The number of aryl methyl sites for hydroxylation is 1. The molecular formula is C13H17FN4O. The van der Waals surface area contributed by atoms with Crippen LogP contribution in [0.4, 0.5) is 4.39 Å². The standard InChI is InChI=1S/C13H17FN4O/c1-3-15-7-10-5-6-16-13(12(10)14)19-11-8-17-18(4-2)9-11/h5-6,8-9,15H,3-4,7H2,1-2H3. The average Bonchev–Trinajstić information content (AvgIpc) is 2.87. The van der Waals surface area contributed by atoms with Crippen LogP contribution in [-0.4, -0.2) is 21.3 Å². The Balaban J connectivity index is 2.15. The number of pyridine rings is 1. The molecule has 19 heavy (non-hydrogen) atoms. The summed E-state index contributed by atoms with van der Waals surface area (Å²) in [6.45, 7) is 5.90. The van der Waals surface area contributed by atoms with Crippen LogP contribution in [0.2, 0.25) is 0 Å². The molecule has 2 aromatic rings. The summed E-state index contributed by atoms with van der Waals surface area (Å²) in [5, 5.41) is 7.13. The minimum absolute atomic E-state index is 0.0222. The van der Waals surface area contributed by atoms with E-state index in [1.54, 1.807) is 23.1 Å². The topological polar surface area (TPSA) is 52.0 Å². The molecule has 0 aliphatic rings. The normalized spacial score (nSPS) is 10.7. The van der Waals surface area contributed by atoms with Gasteiger partial charge in [0.1, 0.15) is 0 Å². The maximum Gasteiger partial charge on any atom is 0.256 e. The van der Waals surface area contributed by atoms with E-state index in [-0.39, 0.29) is 5.88 Å². The average molecular weight is 264 g/mol. The summed E-state index contributed by atoms with van der Waals surface area (Å²) in [6, 6.07) is 1.64. The third-order valence-corrected chi connectivity index (χ3v) is 2.65. The number of nitrogens with one attached hydrogen (secondary N) is 1. The Bertz CT molecular complexity index is 541. The molecule has 0 bridgehead atoms. The van der Waals surface area contributed by atoms with Crippen molar-refractivity contribution in [3.8, 4) is 11.6 Å². The molecule has 2 rings (SSSR count). The van der Waals surface area contributed by atoms with Crippen LogP contribution in [0.3, 0.4) is 0 Å². The second-order valence-electron chi connectivity index (χ2n) is 4.00. The Labute approximate surface area is 111 Å². The molecule has 0 amide bonds. The molecule has 5 nitrogen and oxygen atoms in total. The Hall–Kier alpha value is -1.95. The maximum absolute atomic E-state index is 14.1. The van der Waals surface area contributed by atoms with Gasteiger partial charge < -0.3 is 10.1 Å². The zero-order valence-electron chi connectivity index (χ0n) is 11.1. The maximum atomic E-state index is 14.1. The first kappa shape index (κ1) is 13.5. The van der Waals surface area contributed by atoms with Crippen LogP contribution in [0.15, 0.2) is 24.7 Å². The van der Waals surface area contributed by atoms with Gasteiger partial charge in [-0.15, -0.1) is 0 Å². The van der Waals surface area contributed by atoms with Gasteiger partial charge in [0.25, 0.3) is 5.88 Å². The number of nitrogens with zero attached hydrogens (tertiary/aromatic N) is 3. The Morgan fingerprint density at radius 2 is 2.26 bits per heavy atom. The molecule has 0 aromatic carbocycles. The van der Waals surface area contributed by atoms with Crippen molar-refractivity contribution in [2.45, 2.75) is 26.9 Å². The minimum atomic E-state index is -0.437. The highest BCUT2D eigenvalue weighted by atomic mass is 19.1. The Morgan fingerprint density at radius 1 is 1.42 bits per heavy atom. The monoisotopic (exact) mass is 264 g/mol. The summed E-state index contributed by atoms with van der Waals surface area (Å²) in [5.74, 6) is 0.0209. The second kappa shape index (κ2) is 6.29. The SMILES string of the molecule is CCNCc1ccnc(Oc2cnn(CC)c2)c1F. The fraction of sp³-hybridized carbons (Fsp3) is 0.385. The fourth-order valence-electron chi connectivity index (χ4n) is 1.61. The quantitative estimate of drug-likeness (QED) is 0.870. The summed E-state index contributed by atoms with van der Waals surface area (Å²) in [6.07, 6.45) is 4.79. The van der Waals surface area contributed by atoms with Crippen LogP contribution >= 0.6 is 0 Å². The third kappa shape index (κ3) is 3.29.